The topological polar surface area (TPSA) is 84.9 Å². The van der Waals surface area contributed by atoms with E-state index in [1.54, 1.807) is 18.2 Å². The van der Waals surface area contributed by atoms with Gasteiger partial charge in [-0.2, -0.15) is 4.31 Å². The lowest BCUT2D eigenvalue weighted by Gasteiger charge is -2.24. The number of anilines is 1. The van der Waals surface area contributed by atoms with Gasteiger partial charge >= 0.3 is 0 Å². The summed E-state index contributed by atoms with van der Waals surface area (Å²) in [7, 11) is -0.855. The molecule has 1 atom stereocenters. The molecule has 2 aromatic carbocycles. The summed E-state index contributed by atoms with van der Waals surface area (Å²) in [6, 6.07) is 10.2. The van der Waals surface area contributed by atoms with Crippen molar-refractivity contribution >= 4 is 33.2 Å². The quantitative estimate of drug-likeness (QED) is 0.769. The Morgan fingerprint density at radius 2 is 1.71 bits per heavy atom. The lowest BCUT2D eigenvalue weighted by Crippen LogP contribution is -2.43. The van der Waals surface area contributed by atoms with Crippen molar-refractivity contribution in [3.05, 3.63) is 47.5 Å². The molecular formula is C19H21ClN2O5S. The number of amides is 1. The number of hydrogen-bond donors (Lipinski definition) is 1. The highest BCUT2D eigenvalue weighted by Gasteiger charge is 2.39. The molecule has 3 rings (SSSR count). The van der Waals surface area contributed by atoms with Gasteiger partial charge in [0.05, 0.1) is 19.1 Å². The van der Waals surface area contributed by atoms with Crippen LogP contribution >= 0.6 is 11.6 Å². The minimum atomic E-state index is -3.82. The van der Waals surface area contributed by atoms with E-state index < -0.39 is 22.0 Å². The zero-order valence-corrected chi connectivity index (χ0v) is 17.1. The van der Waals surface area contributed by atoms with Gasteiger partial charge in [0.15, 0.2) is 0 Å². The van der Waals surface area contributed by atoms with Gasteiger partial charge in [-0.3, -0.25) is 4.79 Å². The second kappa shape index (κ2) is 8.38. The molecule has 1 saturated heterocycles. The SMILES string of the molecule is COc1cccc(OC)c1NC(=O)[C@H]1CCCN1S(=O)(=O)c1ccc(Cl)cc1. The molecule has 7 nitrogen and oxygen atoms in total. The first-order valence-corrected chi connectivity index (χ1v) is 10.5. The van der Waals surface area contributed by atoms with Crippen LogP contribution in [0.15, 0.2) is 47.4 Å². The molecule has 0 radical (unpaired) electrons. The van der Waals surface area contributed by atoms with Gasteiger partial charge < -0.3 is 14.8 Å². The van der Waals surface area contributed by atoms with E-state index >= 15 is 0 Å². The second-order valence-corrected chi connectivity index (χ2v) is 8.58. The number of rotatable bonds is 6. The molecule has 0 unspecified atom stereocenters. The zero-order chi connectivity index (χ0) is 20.3. The van der Waals surface area contributed by atoms with Gasteiger partial charge in [0.2, 0.25) is 15.9 Å². The average molecular weight is 425 g/mol. The normalized spacial score (nSPS) is 17.3. The molecule has 28 heavy (non-hydrogen) atoms. The van der Waals surface area contributed by atoms with Crippen LogP contribution in [0.5, 0.6) is 11.5 Å². The van der Waals surface area contributed by atoms with Gasteiger partial charge in [0, 0.05) is 11.6 Å². The summed E-state index contributed by atoms with van der Waals surface area (Å²) < 4.78 is 37.8. The summed E-state index contributed by atoms with van der Waals surface area (Å²) in [6.07, 6.45) is 1.02. The molecule has 0 bridgehead atoms. The third-order valence-corrected chi connectivity index (χ3v) is 6.78. The number of methoxy groups -OCH3 is 2. The van der Waals surface area contributed by atoms with Crippen molar-refractivity contribution in [1.82, 2.24) is 4.31 Å². The smallest absolute Gasteiger partial charge is 0.243 e. The summed E-state index contributed by atoms with van der Waals surface area (Å²) in [6.45, 7) is 0.270. The fraction of sp³-hybridized carbons (Fsp3) is 0.316. The highest BCUT2D eigenvalue weighted by atomic mass is 35.5. The van der Waals surface area contributed by atoms with Crippen molar-refractivity contribution in [2.45, 2.75) is 23.8 Å². The summed E-state index contributed by atoms with van der Waals surface area (Å²) in [5.74, 6) is 0.424. The van der Waals surface area contributed by atoms with E-state index in [0.717, 1.165) is 0 Å². The van der Waals surface area contributed by atoms with Gasteiger partial charge in [0.1, 0.15) is 23.2 Å². The molecule has 1 heterocycles. The maximum absolute atomic E-state index is 13.0. The van der Waals surface area contributed by atoms with Crippen molar-refractivity contribution in [2.75, 3.05) is 26.1 Å². The van der Waals surface area contributed by atoms with Crippen LogP contribution in [0.4, 0.5) is 5.69 Å². The fourth-order valence-electron chi connectivity index (χ4n) is 3.21. The molecule has 1 N–H and O–H groups in total. The predicted octanol–water partition coefficient (Wildman–Crippen LogP) is 3.15. The van der Waals surface area contributed by atoms with Crippen molar-refractivity contribution in [1.29, 1.82) is 0 Å². The maximum atomic E-state index is 13.0. The van der Waals surface area contributed by atoms with Crippen molar-refractivity contribution in [2.24, 2.45) is 0 Å². The number of para-hydroxylation sites is 1. The first-order chi connectivity index (χ1) is 13.4. The van der Waals surface area contributed by atoms with Crippen LogP contribution in [0, 0.1) is 0 Å². The van der Waals surface area contributed by atoms with Crippen molar-refractivity contribution in [3.8, 4) is 11.5 Å². The number of carbonyl (C=O) groups is 1. The largest absolute Gasteiger partial charge is 0.494 e. The Labute approximate surface area is 169 Å². The zero-order valence-electron chi connectivity index (χ0n) is 15.5. The molecule has 1 aliphatic heterocycles. The third-order valence-electron chi connectivity index (χ3n) is 4.60. The minimum Gasteiger partial charge on any atom is -0.494 e. The fourth-order valence-corrected chi connectivity index (χ4v) is 5.00. The van der Waals surface area contributed by atoms with Gasteiger partial charge in [0.25, 0.3) is 0 Å². The lowest BCUT2D eigenvalue weighted by molar-refractivity contribution is -0.119. The van der Waals surface area contributed by atoms with Crippen LogP contribution in [0.25, 0.3) is 0 Å². The van der Waals surface area contributed by atoms with E-state index in [1.807, 2.05) is 0 Å². The van der Waals surface area contributed by atoms with Crippen LogP contribution in [0.1, 0.15) is 12.8 Å². The Hall–Kier alpha value is -2.29. The van der Waals surface area contributed by atoms with Gasteiger partial charge in [-0.1, -0.05) is 17.7 Å². The van der Waals surface area contributed by atoms with E-state index in [4.69, 9.17) is 21.1 Å². The molecule has 1 fully saturated rings. The Bertz CT molecular complexity index is 941. The second-order valence-electron chi connectivity index (χ2n) is 6.25. The maximum Gasteiger partial charge on any atom is 0.243 e. The highest BCUT2D eigenvalue weighted by Crippen LogP contribution is 2.35. The Morgan fingerprint density at radius 1 is 1.11 bits per heavy atom. The van der Waals surface area contributed by atoms with Crippen LogP contribution < -0.4 is 14.8 Å². The standard InChI is InChI=1S/C19H21ClN2O5S/c1-26-16-6-3-7-17(27-2)18(16)21-19(23)15-5-4-12-22(15)28(24,25)14-10-8-13(20)9-11-14/h3,6-11,15H,4-5,12H2,1-2H3,(H,21,23)/t15-/m1/s1. The summed E-state index contributed by atoms with van der Waals surface area (Å²) in [4.78, 5) is 13.0. The number of sulfonamides is 1. The molecule has 150 valence electrons. The number of hydrogen-bond acceptors (Lipinski definition) is 5. The minimum absolute atomic E-state index is 0.103. The molecule has 1 amide bonds. The molecule has 0 aromatic heterocycles. The first kappa shape index (κ1) is 20.4. The van der Waals surface area contributed by atoms with Crippen molar-refractivity contribution in [3.63, 3.8) is 0 Å². The number of nitrogens with zero attached hydrogens (tertiary/aromatic N) is 1. The predicted molar refractivity (Wildman–Crippen MR) is 107 cm³/mol. The van der Waals surface area contributed by atoms with Gasteiger partial charge in [-0.05, 0) is 49.2 Å². The Balaban J connectivity index is 1.87. The van der Waals surface area contributed by atoms with E-state index in [-0.39, 0.29) is 11.4 Å². The van der Waals surface area contributed by atoms with E-state index in [0.29, 0.717) is 35.1 Å². The Morgan fingerprint density at radius 3 is 2.29 bits per heavy atom. The van der Waals surface area contributed by atoms with E-state index in [9.17, 15) is 13.2 Å². The van der Waals surface area contributed by atoms with Crippen LogP contribution in [0.3, 0.4) is 0 Å². The number of halogens is 1. The molecule has 9 heteroatoms. The van der Waals surface area contributed by atoms with E-state index in [1.165, 1.54) is 42.8 Å². The Kier molecular flexibility index (Phi) is 6.12. The molecular weight excluding hydrogens is 404 g/mol. The molecule has 0 spiro atoms. The molecule has 0 saturated carbocycles. The average Bonchev–Trinajstić information content (AvgIpc) is 3.19. The monoisotopic (exact) mass is 424 g/mol. The first-order valence-electron chi connectivity index (χ1n) is 8.67. The highest BCUT2D eigenvalue weighted by molar-refractivity contribution is 7.89. The lowest BCUT2D eigenvalue weighted by atomic mass is 10.2. The number of carbonyl (C=O) groups excluding carboxylic acids is 1. The van der Waals surface area contributed by atoms with Crippen LogP contribution in [-0.2, 0) is 14.8 Å². The summed E-state index contributed by atoms with van der Waals surface area (Å²) in [5.41, 5.74) is 0.369. The molecule has 2 aromatic rings. The number of ether oxygens (including phenoxy) is 2. The van der Waals surface area contributed by atoms with E-state index in [2.05, 4.69) is 5.32 Å². The third kappa shape index (κ3) is 3.94. The molecule has 1 aliphatic rings. The molecule has 0 aliphatic carbocycles. The number of benzene rings is 2. The van der Waals surface area contributed by atoms with Crippen molar-refractivity contribution < 1.29 is 22.7 Å². The van der Waals surface area contributed by atoms with Gasteiger partial charge in [-0.15, -0.1) is 0 Å². The van der Waals surface area contributed by atoms with Crippen LogP contribution in [-0.4, -0.2) is 45.4 Å². The summed E-state index contributed by atoms with van der Waals surface area (Å²) >= 11 is 5.85. The van der Waals surface area contributed by atoms with Gasteiger partial charge in [-0.25, -0.2) is 8.42 Å². The summed E-state index contributed by atoms with van der Waals surface area (Å²) in [5, 5.41) is 3.21. The van der Waals surface area contributed by atoms with Crippen LogP contribution in [0.2, 0.25) is 5.02 Å². The number of nitrogens with one attached hydrogen (secondary N) is 1.